The molecule has 0 amide bonds. The lowest BCUT2D eigenvalue weighted by Crippen LogP contribution is -2.33. The highest BCUT2D eigenvalue weighted by atomic mass is 14.9. The maximum atomic E-state index is 3.44. The molecule has 1 aromatic carbocycles. The van der Waals surface area contributed by atoms with Gasteiger partial charge in [-0.15, -0.1) is 0 Å². The van der Waals surface area contributed by atoms with E-state index in [-0.39, 0.29) is 5.41 Å². The van der Waals surface area contributed by atoms with E-state index in [4.69, 9.17) is 0 Å². The molecule has 1 N–H and O–H groups in total. The Kier molecular flexibility index (Phi) is 4.98. The summed E-state index contributed by atoms with van der Waals surface area (Å²) in [6, 6.07) is 7.48. The maximum Gasteiger partial charge on any atom is 0.0128 e. The first-order valence-electron chi connectivity index (χ1n) is 7.03. The van der Waals surface area contributed by atoms with Gasteiger partial charge in [0.15, 0.2) is 0 Å². The fourth-order valence-corrected chi connectivity index (χ4v) is 2.27. The Bertz CT molecular complexity index is 385. The zero-order valence-electron chi connectivity index (χ0n) is 13.1. The van der Waals surface area contributed by atoms with E-state index in [1.54, 1.807) is 0 Å². The van der Waals surface area contributed by atoms with Gasteiger partial charge < -0.3 is 5.32 Å². The highest BCUT2D eigenvalue weighted by Gasteiger charge is 2.17. The van der Waals surface area contributed by atoms with E-state index in [2.05, 4.69) is 72.1 Å². The normalized spacial score (nSPS) is 14.0. The first-order valence-corrected chi connectivity index (χ1v) is 7.03. The van der Waals surface area contributed by atoms with E-state index in [1.807, 2.05) is 0 Å². The zero-order chi connectivity index (χ0) is 13.9. The van der Waals surface area contributed by atoms with E-state index in [0.29, 0.717) is 12.0 Å². The van der Waals surface area contributed by atoms with Crippen LogP contribution in [0.25, 0.3) is 0 Å². The van der Waals surface area contributed by atoms with Gasteiger partial charge in [-0.1, -0.05) is 52.8 Å². The first kappa shape index (κ1) is 15.2. The average molecular weight is 247 g/mol. The largest absolute Gasteiger partial charge is 0.316 e. The minimum Gasteiger partial charge on any atom is -0.316 e. The molecule has 102 valence electrons. The number of benzene rings is 1. The van der Waals surface area contributed by atoms with Crippen molar-refractivity contribution in [3.05, 3.63) is 34.9 Å². The molecule has 0 saturated carbocycles. The number of likely N-dealkylation sites (N-methyl/N-ethyl adjacent to an activating group) is 1. The van der Waals surface area contributed by atoms with E-state index < -0.39 is 0 Å². The minimum atomic E-state index is 0.232. The highest BCUT2D eigenvalue weighted by Crippen LogP contribution is 2.25. The molecule has 0 heterocycles. The van der Waals surface area contributed by atoms with Gasteiger partial charge in [-0.25, -0.2) is 0 Å². The Morgan fingerprint density at radius 1 is 1.17 bits per heavy atom. The third-order valence-corrected chi connectivity index (χ3v) is 3.83. The summed E-state index contributed by atoms with van der Waals surface area (Å²) in [5.74, 6) is 0.660. The Labute approximate surface area is 113 Å². The molecule has 1 atom stereocenters. The Hall–Kier alpha value is -0.820. The fourth-order valence-electron chi connectivity index (χ4n) is 2.27. The van der Waals surface area contributed by atoms with Crippen molar-refractivity contribution < 1.29 is 0 Å². The Morgan fingerprint density at radius 2 is 1.78 bits per heavy atom. The molecule has 0 radical (unpaired) electrons. The van der Waals surface area contributed by atoms with Crippen molar-refractivity contribution in [2.24, 2.45) is 5.92 Å². The second-order valence-corrected chi connectivity index (χ2v) is 6.73. The summed E-state index contributed by atoms with van der Waals surface area (Å²) in [6.07, 6.45) is 1.12. The van der Waals surface area contributed by atoms with Gasteiger partial charge in [-0.2, -0.15) is 0 Å². The quantitative estimate of drug-likeness (QED) is 0.845. The summed E-state index contributed by atoms with van der Waals surface area (Å²) in [7, 11) is 2.06. The molecule has 0 fully saturated rings. The molecule has 1 aromatic rings. The van der Waals surface area contributed by atoms with Gasteiger partial charge in [-0.3, -0.25) is 0 Å². The monoisotopic (exact) mass is 247 g/mol. The van der Waals surface area contributed by atoms with Crippen LogP contribution in [0.3, 0.4) is 0 Å². The van der Waals surface area contributed by atoms with Crippen molar-refractivity contribution in [1.29, 1.82) is 0 Å². The molecule has 0 bridgehead atoms. The number of nitrogens with one attached hydrogen (secondary N) is 1. The molecule has 0 aromatic heterocycles. The van der Waals surface area contributed by atoms with Crippen molar-refractivity contribution in [3.8, 4) is 0 Å². The smallest absolute Gasteiger partial charge is 0.0128 e. The molecule has 0 saturated heterocycles. The number of hydrogen-bond acceptors (Lipinski definition) is 1. The lowest BCUT2D eigenvalue weighted by Gasteiger charge is -2.24. The summed E-state index contributed by atoms with van der Waals surface area (Å²) in [5.41, 5.74) is 4.55. The van der Waals surface area contributed by atoms with Crippen LogP contribution in [0.2, 0.25) is 0 Å². The van der Waals surface area contributed by atoms with Crippen molar-refractivity contribution in [2.75, 3.05) is 7.05 Å². The summed E-state index contributed by atoms with van der Waals surface area (Å²) >= 11 is 0. The fraction of sp³-hybridized carbons (Fsp3) is 0.647. The van der Waals surface area contributed by atoms with Gasteiger partial charge in [-0.05, 0) is 48.4 Å². The van der Waals surface area contributed by atoms with Crippen molar-refractivity contribution in [2.45, 2.75) is 59.4 Å². The Balaban J connectivity index is 3.01. The van der Waals surface area contributed by atoms with Crippen LogP contribution in [0.15, 0.2) is 18.2 Å². The standard InChI is InChI=1S/C17H29N/c1-12(2)16(18-7)11-14-10-15(17(4,5)6)9-8-13(14)3/h8-10,12,16,18H,11H2,1-7H3. The van der Waals surface area contributed by atoms with Crippen LogP contribution in [-0.4, -0.2) is 13.1 Å². The van der Waals surface area contributed by atoms with Gasteiger partial charge in [0.05, 0.1) is 0 Å². The lowest BCUT2D eigenvalue weighted by atomic mass is 9.84. The third kappa shape index (κ3) is 3.84. The lowest BCUT2D eigenvalue weighted by molar-refractivity contribution is 0.423. The van der Waals surface area contributed by atoms with Gasteiger partial charge in [0, 0.05) is 6.04 Å². The van der Waals surface area contributed by atoms with Crippen molar-refractivity contribution in [1.82, 2.24) is 5.32 Å². The summed E-state index contributed by atoms with van der Waals surface area (Å²) in [6.45, 7) is 13.6. The first-order chi connectivity index (χ1) is 8.25. The van der Waals surface area contributed by atoms with Gasteiger partial charge in [0.1, 0.15) is 0 Å². The molecule has 1 nitrogen and oxygen atoms in total. The maximum absolute atomic E-state index is 3.44. The van der Waals surface area contributed by atoms with Crippen molar-refractivity contribution in [3.63, 3.8) is 0 Å². The molecule has 1 heteroatoms. The highest BCUT2D eigenvalue weighted by molar-refractivity contribution is 5.35. The van der Waals surface area contributed by atoms with Crippen LogP contribution in [-0.2, 0) is 11.8 Å². The van der Waals surface area contributed by atoms with Crippen molar-refractivity contribution >= 4 is 0 Å². The molecule has 18 heavy (non-hydrogen) atoms. The predicted octanol–water partition coefficient (Wildman–Crippen LogP) is 4.08. The number of aryl methyl sites for hydroxylation is 1. The molecular weight excluding hydrogens is 218 g/mol. The molecule has 1 rings (SSSR count). The third-order valence-electron chi connectivity index (χ3n) is 3.83. The second-order valence-electron chi connectivity index (χ2n) is 6.73. The second kappa shape index (κ2) is 5.88. The number of rotatable bonds is 4. The van der Waals surface area contributed by atoms with Crippen LogP contribution in [0.4, 0.5) is 0 Å². The summed E-state index contributed by atoms with van der Waals surface area (Å²) in [5, 5.41) is 3.44. The van der Waals surface area contributed by atoms with E-state index in [9.17, 15) is 0 Å². The average Bonchev–Trinajstić information content (AvgIpc) is 2.25. The predicted molar refractivity (Wildman–Crippen MR) is 81.3 cm³/mol. The number of hydrogen-bond donors (Lipinski definition) is 1. The molecule has 0 spiro atoms. The SMILES string of the molecule is CNC(Cc1cc(C(C)(C)C)ccc1C)C(C)C. The topological polar surface area (TPSA) is 12.0 Å². The van der Waals surface area contributed by atoms with Crippen LogP contribution < -0.4 is 5.32 Å². The van der Waals surface area contributed by atoms with Gasteiger partial charge in [0.2, 0.25) is 0 Å². The summed E-state index contributed by atoms with van der Waals surface area (Å²) in [4.78, 5) is 0. The van der Waals surface area contributed by atoms with E-state index in [0.717, 1.165) is 6.42 Å². The van der Waals surface area contributed by atoms with Crippen LogP contribution in [0.1, 0.15) is 51.3 Å². The Morgan fingerprint density at radius 3 is 2.22 bits per heavy atom. The molecule has 1 unspecified atom stereocenters. The molecular formula is C17H29N. The van der Waals surface area contributed by atoms with Gasteiger partial charge >= 0.3 is 0 Å². The molecule has 0 aliphatic rings. The van der Waals surface area contributed by atoms with E-state index >= 15 is 0 Å². The van der Waals surface area contributed by atoms with Crippen LogP contribution >= 0.6 is 0 Å². The zero-order valence-corrected chi connectivity index (χ0v) is 13.1. The summed E-state index contributed by atoms with van der Waals surface area (Å²) < 4.78 is 0. The van der Waals surface area contributed by atoms with Crippen LogP contribution in [0, 0.1) is 12.8 Å². The molecule has 0 aliphatic carbocycles. The van der Waals surface area contributed by atoms with E-state index in [1.165, 1.54) is 16.7 Å². The van der Waals surface area contributed by atoms with Gasteiger partial charge in [0.25, 0.3) is 0 Å². The van der Waals surface area contributed by atoms with Crippen LogP contribution in [0.5, 0.6) is 0 Å². The minimum absolute atomic E-state index is 0.232. The molecule has 0 aliphatic heterocycles.